The van der Waals surface area contributed by atoms with E-state index in [0.717, 1.165) is 6.07 Å². The Balaban J connectivity index is 2.91. The van der Waals surface area contributed by atoms with Gasteiger partial charge in [0.15, 0.2) is 0 Å². The van der Waals surface area contributed by atoms with E-state index in [1.807, 2.05) is 0 Å². The molecule has 0 saturated heterocycles. The van der Waals surface area contributed by atoms with Gasteiger partial charge >= 0.3 is 0 Å². The number of aliphatic hydroxyl groups excluding tert-OH is 2. The van der Waals surface area contributed by atoms with Crippen molar-refractivity contribution in [2.75, 3.05) is 0 Å². The predicted octanol–water partition coefficient (Wildman–Crippen LogP) is 1.33. The second-order valence-electron chi connectivity index (χ2n) is 3.12. The number of hydrogen-bond donors (Lipinski definition) is 2. The Morgan fingerprint density at radius 1 is 1.50 bits per heavy atom. The number of nitro groups is 1. The molecular weight excluding hydrogens is 238 g/mol. The van der Waals surface area contributed by atoms with Crippen LogP contribution in [0.3, 0.4) is 0 Å². The quantitative estimate of drug-likeness (QED) is 0.476. The molecule has 1 aromatic carbocycles. The highest BCUT2D eigenvalue weighted by atomic mass is 35.5. The van der Waals surface area contributed by atoms with Crippen molar-refractivity contribution in [3.05, 3.63) is 33.3 Å². The van der Waals surface area contributed by atoms with Crippen molar-refractivity contribution in [3.8, 4) is 5.75 Å². The fourth-order valence-electron chi connectivity index (χ4n) is 0.944. The first-order chi connectivity index (χ1) is 7.41. The number of aliphatic hydroxyl groups is 2. The minimum Gasteiger partial charge on any atom is -0.462 e. The number of nitro benzene ring substituents is 1. The van der Waals surface area contributed by atoms with Crippen LogP contribution in [0.15, 0.2) is 18.2 Å². The van der Waals surface area contributed by atoms with E-state index in [9.17, 15) is 15.2 Å². The molecule has 0 fully saturated rings. The summed E-state index contributed by atoms with van der Waals surface area (Å²) in [6.07, 6.45) is -2.55. The molecule has 88 valence electrons. The van der Waals surface area contributed by atoms with Crippen molar-refractivity contribution in [1.82, 2.24) is 0 Å². The molecule has 0 spiro atoms. The molecule has 2 N–H and O–H groups in total. The Labute approximate surface area is 96.2 Å². The van der Waals surface area contributed by atoms with Crippen LogP contribution in [0, 0.1) is 10.1 Å². The third kappa shape index (κ3) is 3.06. The fourth-order valence-corrected chi connectivity index (χ4v) is 1.13. The molecule has 0 amide bonds. The van der Waals surface area contributed by atoms with Crippen LogP contribution in [0.25, 0.3) is 0 Å². The first-order valence-electron chi connectivity index (χ1n) is 4.38. The van der Waals surface area contributed by atoms with Crippen molar-refractivity contribution in [2.24, 2.45) is 0 Å². The topological polar surface area (TPSA) is 92.8 Å². The molecule has 2 atom stereocenters. The summed E-state index contributed by atoms with van der Waals surface area (Å²) in [7, 11) is 0. The molecule has 0 aliphatic carbocycles. The number of nitrogens with zero attached hydrogens (tertiary/aromatic N) is 1. The standard InChI is InChI=1S/C9H10ClNO5/c1-5(12)9(13)16-6-2-3-7(10)8(4-6)11(14)15/h2-5,9,12-13H,1H3. The molecule has 0 saturated carbocycles. The van der Waals surface area contributed by atoms with E-state index in [1.54, 1.807) is 0 Å². The van der Waals surface area contributed by atoms with Crippen LogP contribution in [0.2, 0.25) is 5.02 Å². The number of hydrogen-bond acceptors (Lipinski definition) is 5. The summed E-state index contributed by atoms with van der Waals surface area (Å²) in [5.74, 6) is 0.0597. The van der Waals surface area contributed by atoms with Gasteiger partial charge in [0.2, 0.25) is 6.29 Å². The van der Waals surface area contributed by atoms with Crippen molar-refractivity contribution in [2.45, 2.75) is 19.3 Å². The van der Waals surface area contributed by atoms with Gasteiger partial charge in [0.25, 0.3) is 5.69 Å². The fraction of sp³-hybridized carbons (Fsp3) is 0.333. The Hall–Kier alpha value is -1.37. The van der Waals surface area contributed by atoms with Gasteiger partial charge in [0.1, 0.15) is 16.9 Å². The van der Waals surface area contributed by atoms with Crippen LogP contribution in [-0.2, 0) is 0 Å². The predicted molar refractivity (Wildman–Crippen MR) is 56.4 cm³/mol. The van der Waals surface area contributed by atoms with Crippen LogP contribution >= 0.6 is 11.6 Å². The minimum atomic E-state index is -1.44. The summed E-state index contributed by atoms with van der Waals surface area (Å²) in [6, 6.07) is 3.72. The highest BCUT2D eigenvalue weighted by molar-refractivity contribution is 6.32. The van der Waals surface area contributed by atoms with Crippen molar-refractivity contribution in [1.29, 1.82) is 0 Å². The molecule has 1 aromatic rings. The molecule has 0 heterocycles. The second-order valence-corrected chi connectivity index (χ2v) is 3.53. The summed E-state index contributed by atoms with van der Waals surface area (Å²) in [6.45, 7) is 1.33. The van der Waals surface area contributed by atoms with E-state index in [1.165, 1.54) is 19.1 Å². The first-order valence-corrected chi connectivity index (χ1v) is 4.76. The number of halogens is 1. The highest BCUT2D eigenvalue weighted by Gasteiger charge is 2.17. The van der Waals surface area contributed by atoms with Crippen LogP contribution in [0.1, 0.15) is 6.92 Å². The lowest BCUT2D eigenvalue weighted by Crippen LogP contribution is -2.28. The maximum atomic E-state index is 10.5. The van der Waals surface area contributed by atoms with Crippen LogP contribution in [-0.4, -0.2) is 27.5 Å². The molecule has 7 heteroatoms. The Morgan fingerprint density at radius 2 is 2.12 bits per heavy atom. The molecule has 0 aliphatic heterocycles. The molecule has 6 nitrogen and oxygen atoms in total. The second kappa shape index (κ2) is 5.11. The minimum absolute atomic E-state index is 0.0242. The first kappa shape index (κ1) is 12.7. The van der Waals surface area contributed by atoms with Crippen LogP contribution in [0.5, 0.6) is 5.75 Å². The van der Waals surface area contributed by atoms with Gasteiger partial charge in [-0.3, -0.25) is 10.1 Å². The zero-order chi connectivity index (χ0) is 12.3. The number of rotatable bonds is 4. The molecule has 16 heavy (non-hydrogen) atoms. The van der Waals surface area contributed by atoms with Gasteiger partial charge in [-0.15, -0.1) is 0 Å². The molecule has 0 aliphatic rings. The van der Waals surface area contributed by atoms with E-state index in [0.29, 0.717) is 0 Å². The summed E-state index contributed by atoms with van der Waals surface area (Å²) >= 11 is 5.58. The monoisotopic (exact) mass is 247 g/mol. The average Bonchev–Trinajstić information content (AvgIpc) is 2.20. The Morgan fingerprint density at radius 3 is 2.62 bits per heavy atom. The van der Waals surface area contributed by atoms with E-state index in [4.69, 9.17) is 21.4 Å². The average molecular weight is 248 g/mol. The SMILES string of the molecule is CC(O)C(O)Oc1ccc(Cl)c([N+](=O)[O-])c1. The third-order valence-electron chi connectivity index (χ3n) is 1.78. The van der Waals surface area contributed by atoms with Gasteiger partial charge in [-0.05, 0) is 19.1 Å². The van der Waals surface area contributed by atoms with Gasteiger partial charge in [0.05, 0.1) is 11.0 Å². The third-order valence-corrected chi connectivity index (χ3v) is 2.10. The smallest absolute Gasteiger partial charge is 0.291 e. The normalized spacial score (nSPS) is 14.2. The molecule has 1 rings (SSSR count). The molecule has 0 aromatic heterocycles. The maximum Gasteiger partial charge on any atom is 0.291 e. The lowest BCUT2D eigenvalue weighted by atomic mass is 10.3. The van der Waals surface area contributed by atoms with Gasteiger partial charge in [-0.25, -0.2) is 0 Å². The molecular formula is C9H10ClNO5. The van der Waals surface area contributed by atoms with Crippen molar-refractivity contribution < 1.29 is 19.9 Å². The van der Waals surface area contributed by atoms with E-state index in [-0.39, 0.29) is 16.5 Å². The lowest BCUT2D eigenvalue weighted by molar-refractivity contribution is -0.384. The summed E-state index contributed by atoms with van der Waals surface area (Å²) in [4.78, 5) is 9.88. The molecule has 2 unspecified atom stereocenters. The van der Waals surface area contributed by atoms with Gasteiger partial charge in [-0.2, -0.15) is 0 Å². The van der Waals surface area contributed by atoms with Gasteiger partial charge in [0, 0.05) is 0 Å². The van der Waals surface area contributed by atoms with E-state index in [2.05, 4.69) is 0 Å². The van der Waals surface area contributed by atoms with Crippen LogP contribution < -0.4 is 4.74 Å². The largest absolute Gasteiger partial charge is 0.462 e. The maximum absolute atomic E-state index is 10.5. The lowest BCUT2D eigenvalue weighted by Gasteiger charge is -2.15. The Bertz CT molecular complexity index is 395. The van der Waals surface area contributed by atoms with Crippen molar-refractivity contribution >= 4 is 17.3 Å². The molecule has 0 radical (unpaired) electrons. The zero-order valence-corrected chi connectivity index (χ0v) is 9.09. The van der Waals surface area contributed by atoms with Gasteiger partial charge in [-0.1, -0.05) is 11.6 Å². The van der Waals surface area contributed by atoms with Crippen molar-refractivity contribution in [3.63, 3.8) is 0 Å². The van der Waals surface area contributed by atoms with E-state index >= 15 is 0 Å². The summed E-state index contributed by atoms with van der Waals surface area (Å²) in [5.41, 5.74) is -0.322. The highest BCUT2D eigenvalue weighted by Crippen LogP contribution is 2.28. The Kier molecular flexibility index (Phi) is 4.05. The molecule has 0 bridgehead atoms. The van der Waals surface area contributed by atoms with Gasteiger partial charge < -0.3 is 14.9 Å². The number of ether oxygens (including phenoxy) is 1. The summed E-state index contributed by atoms with van der Waals surface area (Å²) < 4.78 is 4.86. The van der Waals surface area contributed by atoms with E-state index < -0.39 is 17.3 Å². The summed E-state index contributed by atoms with van der Waals surface area (Å²) in [5, 5.41) is 28.7. The zero-order valence-electron chi connectivity index (χ0n) is 8.33. The van der Waals surface area contributed by atoms with Crippen LogP contribution in [0.4, 0.5) is 5.69 Å². The number of benzene rings is 1.